The predicted octanol–water partition coefficient (Wildman–Crippen LogP) is -0.357. The van der Waals surface area contributed by atoms with Crippen LogP contribution in [0.25, 0.3) is 0 Å². The van der Waals surface area contributed by atoms with Crippen molar-refractivity contribution in [2.45, 2.75) is 19.4 Å². The normalized spacial score (nSPS) is 10.9. The summed E-state index contributed by atoms with van der Waals surface area (Å²) in [7, 11) is 0. The highest BCUT2D eigenvalue weighted by Crippen LogP contribution is 2.24. The number of hydrogen-bond acceptors (Lipinski definition) is 7. The van der Waals surface area contributed by atoms with Crippen LogP contribution in [0.3, 0.4) is 0 Å². The van der Waals surface area contributed by atoms with Gasteiger partial charge < -0.3 is 16.8 Å². The van der Waals surface area contributed by atoms with Crippen molar-refractivity contribution in [1.29, 1.82) is 0 Å². The fourth-order valence-corrected chi connectivity index (χ4v) is 0.972. The number of nitrogens with two attached hydrogens (primary N) is 2. The van der Waals surface area contributed by atoms with Crippen LogP contribution in [0, 0.1) is 10.1 Å². The molecule has 1 amide bonds. The maximum atomic E-state index is 11.1. The number of hydrogen-bond donors (Lipinski definition) is 3. The van der Waals surface area contributed by atoms with E-state index in [0.29, 0.717) is 0 Å². The van der Waals surface area contributed by atoms with Crippen LogP contribution in [-0.2, 0) is 4.79 Å². The number of nitrogens with one attached hydrogen (secondary N) is 1. The predicted molar refractivity (Wildman–Crippen MR) is 60.0 cm³/mol. The van der Waals surface area contributed by atoms with E-state index in [0.717, 1.165) is 6.20 Å². The van der Waals surface area contributed by atoms with Crippen molar-refractivity contribution in [3.8, 4) is 0 Å². The van der Waals surface area contributed by atoms with Gasteiger partial charge in [0.05, 0.1) is 4.92 Å². The summed E-state index contributed by atoms with van der Waals surface area (Å²) in [6, 6.07) is 0. The van der Waals surface area contributed by atoms with Crippen molar-refractivity contribution in [3.05, 3.63) is 16.3 Å². The summed E-state index contributed by atoms with van der Waals surface area (Å²) in [4.78, 5) is 28.3. The Bertz CT molecular complexity index is 472. The molecule has 5 N–H and O–H groups in total. The molecule has 9 nitrogen and oxygen atoms in total. The molecule has 0 unspecified atom stereocenters. The van der Waals surface area contributed by atoms with Gasteiger partial charge in [0.2, 0.25) is 17.7 Å². The van der Waals surface area contributed by atoms with Crippen molar-refractivity contribution >= 4 is 23.4 Å². The first-order chi connectivity index (χ1) is 7.74. The summed E-state index contributed by atoms with van der Waals surface area (Å²) in [5, 5.41) is 13.3. The Morgan fingerprint density at radius 1 is 1.59 bits per heavy atom. The second-order valence-corrected chi connectivity index (χ2v) is 3.83. The van der Waals surface area contributed by atoms with Crippen LogP contribution in [0.5, 0.6) is 0 Å². The Morgan fingerprint density at radius 3 is 2.65 bits per heavy atom. The molecular weight excluding hydrogens is 228 g/mol. The van der Waals surface area contributed by atoms with E-state index in [-0.39, 0.29) is 17.5 Å². The summed E-state index contributed by atoms with van der Waals surface area (Å²) >= 11 is 0. The summed E-state index contributed by atoms with van der Waals surface area (Å²) in [6.45, 7) is 2.94. The number of carbonyl (C=O) groups excluding carboxylic acids is 1. The van der Waals surface area contributed by atoms with Gasteiger partial charge in [-0.05, 0) is 13.8 Å². The third-order valence-electron chi connectivity index (χ3n) is 2.03. The number of nitrogen functional groups attached to an aromatic ring is 1. The molecule has 1 heterocycles. The molecule has 0 radical (unpaired) electrons. The van der Waals surface area contributed by atoms with Crippen LogP contribution >= 0.6 is 0 Å². The molecule has 92 valence electrons. The first-order valence-electron chi connectivity index (χ1n) is 4.59. The van der Waals surface area contributed by atoms with Crippen molar-refractivity contribution in [2.75, 3.05) is 11.1 Å². The summed E-state index contributed by atoms with van der Waals surface area (Å²) in [5.41, 5.74) is 8.89. The monoisotopic (exact) mass is 240 g/mol. The number of amides is 1. The molecule has 1 aromatic heterocycles. The highest BCUT2D eigenvalue weighted by atomic mass is 16.6. The lowest BCUT2D eigenvalue weighted by molar-refractivity contribution is -0.384. The molecule has 0 aromatic carbocycles. The molecular formula is C8H12N6O3. The maximum absolute atomic E-state index is 11.1. The number of aromatic nitrogens is 2. The molecule has 0 atom stereocenters. The van der Waals surface area contributed by atoms with Gasteiger partial charge in [0.1, 0.15) is 11.7 Å². The quantitative estimate of drug-likeness (QED) is 0.480. The zero-order valence-corrected chi connectivity index (χ0v) is 9.30. The molecule has 9 heteroatoms. The number of nitro groups is 1. The largest absolute Gasteiger partial charge is 0.368 e. The molecule has 0 saturated carbocycles. The van der Waals surface area contributed by atoms with E-state index in [1.54, 1.807) is 0 Å². The van der Waals surface area contributed by atoms with Crippen LogP contribution in [0.1, 0.15) is 13.8 Å². The number of anilines is 2. The molecule has 0 spiro atoms. The van der Waals surface area contributed by atoms with E-state index in [1.807, 2.05) is 0 Å². The fraction of sp³-hybridized carbons (Fsp3) is 0.375. The van der Waals surface area contributed by atoms with Gasteiger partial charge in [0, 0.05) is 0 Å². The summed E-state index contributed by atoms with van der Waals surface area (Å²) < 4.78 is 0. The average Bonchev–Trinajstić information content (AvgIpc) is 2.15. The van der Waals surface area contributed by atoms with Crippen molar-refractivity contribution in [3.63, 3.8) is 0 Å². The lowest BCUT2D eigenvalue weighted by Gasteiger charge is -2.22. The van der Waals surface area contributed by atoms with Crippen molar-refractivity contribution in [1.82, 2.24) is 9.97 Å². The van der Waals surface area contributed by atoms with Crippen molar-refractivity contribution < 1.29 is 9.72 Å². The molecule has 0 saturated heterocycles. The van der Waals surface area contributed by atoms with Crippen LogP contribution in [0.15, 0.2) is 6.20 Å². The smallest absolute Gasteiger partial charge is 0.329 e. The van der Waals surface area contributed by atoms with Crippen LogP contribution in [-0.4, -0.2) is 26.3 Å². The van der Waals surface area contributed by atoms with Gasteiger partial charge >= 0.3 is 5.69 Å². The van der Waals surface area contributed by atoms with E-state index >= 15 is 0 Å². The standard InChI is InChI=1S/C8H12N6O3/c1-8(2,6(9)15)13-5-4(14(16)17)3-11-7(10)12-5/h3H,1-2H3,(H2,9,15)(H3,10,11,12,13). The van der Waals surface area contributed by atoms with Gasteiger partial charge in [0.15, 0.2) is 0 Å². The lowest BCUT2D eigenvalue weighted by atomic mass is 10.1. The van der Waals surface area contributed by atoms with Crippen LogP contribution in [0.4, 0.5) is 17.5 Å². The Hall–Kier alpha value is -2.45. The van der Waals surface area contributed by atoms with E-state index in [4.69, 9.17) is 11.5 Å². The number of carbonyl (C=O) groups is 1. The van der Waals surface area contributed by atoms with Gasteiger partial charge in [0.25, 0.3) is 0 Å². The third-order valence-corrected chi connectivity index (χ3v) is 2.03. The molecule has 0 aliphatic carbocycles. The SMILES string of the molecule is CC(C)(Nc1nc(N)ncc1[N+](=O)[O-])C(N)=O. The second-order valence-electron chi connectivity index (χ2n) is 3.83. The molecule has 0 aliphatic heterocycles. The Kier molecular flexibility index (Phi) is 3.12. The minimum atomic E-state index is -1.19. The lowest BCUT2D eigenvalue weighted by Crippen LogP contribution is -2.45. The zero-order chi connectivity index (χ0) is 13.2. The Labute approximate surface area is 96.4 Å². The summed E-state index contributed by atoms with van der Waals surface area (Å²) in [5.74, 6) is -0.964. The highest BCUT2D eigenvalue weighted by Gasteiger charge is 2.29. The van der Waals surface area contributed by atoms with Gasteiger partial charge in [-0.2, -0.15) is 4.98 Å². The molecule has 0 aliphatic rings. The van der Waals surface area contributed by atoms with Gasteiger partial charge in [-0.25, -0.2) is 4.98 Å². The molecule has 0 fully saturated rings. The van der Waals surface area contributed by atoms with Gasteiger partial charge in [-0.15, -0.1) is 0 Å². The van der Waals surface area contributed by atoms with Crippen molar-refractivity contribution in [2.24, 2.45) is 5.73 Å². The Balaban J connectivity index is 3.17. The zero-order valence-electron chi connectivity index (χ0n) is 9.30. The third kappa shape index (κ3) is 2.77. The minimum absolute atomic E-state index is 0.140. The van der Waals surface area contributed by atoms with E-state index in [9.17, 15) is 14.9 Å². The first kappa shape index (κ1) is 12.6. The van der Waals surface area contributed by atoms with Crippen LogP contribution in [0.2, 0.25) is 0 Å². The maximum Gasteiger partial charge on any atom is 0.329 e. The number of nitrogens with zero attached hydrogens (tertiary/aromatic N) is 3. The number of primary amides is 1. The first-order valence-corrected chi connectivity index (χ1v) is 4.59. The Morgan fingerprint density at radius 2 is 2.18 bits per heavy atom. The van der Waals surface area contributed by atoms with E-state index < -0.39 is 16.4 Å². The summed E-state index contributed by atoms with van der Waals surface area (Å²) in [6.07, 6.45) is 0.960. The average molecular weight is 240 g/mol. The molecule has 17 heavy (non-hydrogen) atoms. The second kappa shape index (κ2) is 4.20. The van der Waals surface area contributed by atoms with Crippen LogP contribution < -0.4 is 16.8 Å². The number of rotatable bonds is 4. The highest BCUT2D eigenvalue weighted by molar-refractivity contribution is 5.87. The topological polar surface area (TPSA) is 150 Å². The minimum Gasteiger partial charge on any atom is -0.368 e. The molecule has 1 rings (SSSR count). The molecule has 0 bridgehead atoms. The fourth-order valence-electron chi connectivity index (χ4n) is 0.972. The van der Waals surface area contributed by atoms with Gasteiger partial charge in [-0.3, -0.25) is 14.9 Å². The van der Waals surface area contributed by atoms with E-state index in [2.05, 4.69) is 15.3 Å². The van der Waals surface area contributed by atoms with Gasteiger partial charge in [-0.1, -0.05) is 0 Å². The molecule has 1 aromatic rings. The van der Waals surface area contributed by atoms with E-state index in [1.165, 1.54) is 13.8 Å².